The molecule has 1 aromatic rings. The smallest absolute Gasteiger partial charge is 0.234 e. The molecule has 0 spiro atoms. The van der Waals surface area contributed by atoms with Crippen LogP contribution in [0.1, 0.15) is 5.56 Å². The molecule has 0 aromatic heterocycles. The van der Waals surface area contributed by atoms with E-state index in [1.165, 1.54) is 12.1 Å². The highest BCUT2D eigenvalue weighted by molar-refractivity contribution is 5.78. The Labute approximate surface area is 87.7 Å². The fraction of sp³-hybridized carbons (Fsp3) is 0.364. The minimum Gasteiger partial charge on any atom is -0.353 e. The molecule has 1 saturated heterocycles. The van der Waals surface area contributed by atoms with Crippen LogP contribution in [0.3, 0.4) is 0 Å². The largest absolute Gasteiger partial charge is 0.353 e. The molecule has 1 atom stereocenters. The third-order valence-corrected chi connectivity index (χ3v) is 2.47. The second-order valence-corrected chi connectivity index (χ2v) is 3.72. The molecule has 1 aliphatic rings. The number of rotatable bonds is 2. The number of piperazine rings is 1. The second kappa shape index (κ2) is 4.40. The molecule has 1 unspecified atom stereocenters. The quantitative estimate of drug-likeness (QED) is 0.741. The summed E-state index contributed by atoms with van der Waals surface area (Å²) in [5, 5.41) is 5.87. The van der Waals surface area contributed by atoms with Crippen LogP contribution in [-0.2, 0) is 11.2 Å². The van der Waals surface area contributed by atoms with Crippen LogP contribution in [0.5, 0.6) is 0 Å². The Kier molecular flexibility index (Phi) is 2.97. The van der Waals surface area contributed by atoms with E-state index in [0.717, 1.165) is 12.0 Å². The van der Waals surface area contributed by atoms with Gasteiger partial charge in [0.15, 0.2) is 0 Å². The highest BCUT2D eigenvalue weighted by atomic mass is 19.1. The first-order valence-electron chi connectivity index (χ1n) is 4.98. The summed E-state index contributed by atoms with van der Waals surface area (Å²) in [6, 6.07) is 6.75. The Morgan fingerprint density at radius 3 is 3.00 bits per heavy atom. The molecule has 1 aliphatic heterocycles. The van der Waals surface area contributed by atoms with Gasteiger partial charge in [-0.15, -0.1) is 0 Å². The van der Waals surface area contributed by atoms with Crippen molar-refractivity contribution in [3.05, 3.63) is 35.6 Å². The SMILES string of the molecule is O=C1CNC(Cc2cccc(F)c2)CN1. The van der Waals surface area contributed by atoms with E-state index in [-0.39, 0.29) is 17.8 Å². The van der Waals surface area contributed by atoms with Crippen molar-refractivity contribution < 1.29 is 9.18 Å². The van der Waals surface area contributed by atoms with Gasteiger partial charge >= 0.3 is 0 Å². The van der Waals surface area contributed by atoms with Crippen LogP contribution >= 0.6 is 0 Å². The fourth-order valence-electron chi connectivity index (χ4n) is 1.70. The van der Waals surface area contributed by atoms with E-state index in [2.05, 4.69) is 10.6 Å². The molecule has 2 rings (SSSR count). The number of hydrogen-bond donors (Lipinski definition) is 2. The molecular formula is C11H13FN2O. The Bertz CT molecular complexity index is 357. The molecule has 1 fully saturated rings. The topological polar surface area (TPSA) is 41.1 Å². The van der Waals surface area contributed by atoms with Crippen molar-refractivity contribution >= 4 is 5.91 Å². The van der Waals surface area contributed by atoms with Crippen molar-refractivity contribution in [2.24, 2.45) is 0 Å². The summed E-state index contributed by atoms with van der Waals surface area (Å²) in [4.78, 5) is 10.9. The van der Waals surface area contributed by atoms with Crippen molar-refractivity contribution in [1.29, 1.82) is 0 Å². The van der Waals surface area contributed by atoms with Crippen molar-refractivity contribution in [3.63, 3.8) is 0 Å². The van der Waals surface area contributed by atoms with E-state index in [0.29, 0.717) is 13.1 Å². The van der Waals surface area contributed by atoms with Crippen LogP contribution < -0.4 is 10.6 Å². The number of carbonyl (C=O) groups is 1. The van der Waals surface area contributed by atoms with Gasteiger partial charge in [-0.05, 0) is 24.1 Å². The standard InChI is InChI=1S/C11H13FN2O/c12-9-3-1-2-8(4-9)5-10-6-14-11(15)7-13-10/h1-4,10,13H,5-7H2,(H,14,15). The number of halogens is 1. The maximum absolute atomic E-state index is 12.9. The predicted octanol–water partition coefficient (Wildman–Crippen LogP) is 0.456. The lowest BCUT2D eigenvalue weighted by molar-refractivity contribution is -0.121. The van der Waals surface area contributed by atoms with Crippen molar-refractivity contribution in [2.75, 3.05) is 13.1 Å². The molecule has 0 radical (unpaired) electrons. The summed E-state index contributed by atoms with van der Waals surface area (Å²) in [5.41, 5.74) is 0.948. The van der Waals surface area contributed by atoms with Gasteiger partial charge < -0.3 is 10.6 Å². The Balaban J connectivity index is 1.94. The van der Waals surface area contributed by atoms with Crippen molar-refractivity contribution in [3.8, 4) is 0 Å². The number of carbonyl (C=O) groups excluding carboxylic acids is 1. The third kappa shape index (κ3) is 2.76. The molecule has 2 N–H and O–H groups in total. The zero-order valence-electron chi connectivity index (χ0n) is 8.29. The van der Waals surface area contributed by atoms with Crippen LogP contribution in [0.15, 0.2) is 24.3 Å². The number of hydrogen-bond acceptors (Lipinski definition) is 2. The lowest BCUT2D eigenvalue weighted by Crippen LogP contribution is -2.52. The number of benzene rings is 1. The third-order valence-electron chi connectivity index (χ3n) is 2.47. The maximum atomic E-state index is 12.9. The predicted molar refractivity (Wildman–Crippen MR) is 54.9 cm³/mol. The molecule has 80 valence electrons. The molecule has 1 amide bonds. The van der Waals surface area contributed by atoms with Gasteiger partial charge in [0.1, 0.15) is 5.82 Å². The van der Waals surface area contributed by atoms with E-state index < -0.39 is 0 Å². The van der Waals surface area contributed by atoms with E-state index in [4.69, 9.17) is 0 Å². The molecule has 1 aromatic carbocycles. The average molecular weight is 208 g/mol. The first-order valence-corrected chi connectivity index (χ1v) is 4.98. The van der Waals surface area contributed by atoms with Crippen LogP contribution in [0.4, 0.5) is 4.39 Å². The summed E-state index contributed by atoms with van der Waals surface area (Å²) in [6.07, 6.45) is 0.734. The van der Waals surface area contributed by atoms with Gasteiger partial charge in [-0.3, -0.25) is 4.79 Å². The van der Waals surface area contributed by atoms with Crippen molar-refractivity contribution in [2.45, 2.75) is 12.5 Å². The molecule has 3 nitrogen and oxygen atoms in total. The molecule has 0 aliphatic carbocycles. The summed E-state index contributed by atoms with van der Waals surface area (Å²) >= 11 is 0. The molecular weight excluding hydrogens is 195 g/mol. The molecule has 4 heteroatoms. The van der Waals surface area contributed by atoms with Gasteiger partial charge in [0.05, 0.1) is 6.54 Å². The summed E-state index contributed by atoms with van der Waals surface area (Å²) in [5.74, 6) is -0.196. The lowest BCUT2D eigenvalue weighted by Gasteiger charge is -2.24. The Morgan fingerprint density at radius 1 is 1.47 bits per heavy atom. The molecule has 0 bridgehead atoms. The van der Waals surface area contributed by atoms with E-state index in [1.54, 1.807) is 6.07 Å². The van der Waals surface area contributed by atoms with E-state index in [1.807, 2.05) is 6.07 Å². The van der Waals surface area contributed by atoms with Crippen molar-refractivity contribution in [1.82, 2.24) is 10.6 Å². The normalized spacial score (nSPS) is 21.1. The van der Waals surface area contributed by atoms with Crippen LogP contribution in [-0.4, -0.2) is 25.0 Å². The minimum absolute atomic E-state index is 0.0190. The number of amides is 1. The first-order chi connectivity index (χ1) is 7.24. The van der Waals surface area contributed by atoms with Crippen LogP contribution in [0.25, 0.3) is 0 Å². The van der Waals surface area contributed by atoms with Gasteiger partial charge in [-0.1, -0.05) is 12.1 Å². The zero-order chi connectivity index (χ0) is 10.7. The molecule has 0 saturated carbocycles. The highest BCUT2D eigenvalue weighted by Crippen LogP contribution is 2.07. The Hall–Kier alpha value is -1.42. The molecule has 1 heterocycles. The van der Waals surface area contributed by atoms with E-state index >= 15 is 0 Å². The highest BCUT2D eigenvalue weighted by Gasteiger charge is 2.16. The van der Waals surface area contributed by atoms with Crippen LogP contribution in [0.2, 0.25) is 0 Å². The fourth-order valence-corrected chi connectivity index (χ4v) is 1.70. The minimum atomic E-state index is -0.215. The van der Waals surface area contributed by atoms with Gasteiger partial charge in [0, 0.05) is 12.6 Å². The maximum Gasteiger partial charge on any atom is 0.234 e. The number of nitrogens with one attached hydrogen (secondary N) is 2. The zero-order valence-corrected chi connectivity index (χ0v) is 8.29. The second-order valence-electron chi connectivity index (χ2n) is 3.72. The van der Waals surface area contributed by atoms with E-state index in [9.17, 15) is 9.18 Å². The van der Waals surface area contributed by atoms with Gasteiger partial charge in [-0.25, -0.2) is 4.39 Å². The Morgan fingerprint density at radius 2 is 2.33 bits per heavy atom. The van der Waals surface area contributed by atoms with Gasteiger partial charge in [-0.2, -0.15) is 0 Å². The average Bonchev–Trinajstić information content (AvgIpc) is 2.22. The summed E-state index contributed by atoms with van der Waals surface area (Å²) in [6.45, 7) is 0.954. The summed E-state index contributed by atoms with van der Waals surface area (Å²) < 4.78 is 12.9. The van der Waals surface area contributed by atoms with Gasteiger partial charge in [0.25, 0.3) is 0 Å². The lowest BCUT2D eigenvalue weighted by atomic mass is 10.0. The monoisotopic (exact) mass is 208 g/mol. The first kappa shape index (κ1) is 10.1. The van der Waals surface area contributed by atoms with Crippen LogP contribution in [0, 0.1) is 5.82 Å². The molecule has 15 heavy (non-hydrogen) atoms. The van der Waals surface area contributed by atoms with Gasteiger partial charge in [0.2, 0.25) is 5.91 Å². The summed E-state index contributed by atoms with van der Waals surface area (Å²) in [7, 11) is 0.